The maximum absolute atomic E-state index is 11.3. The predicted octanol–water partition coefficient (Wildman–Crippen LogP) is 3.03. The van der Waals surface area contributed by atoms with Gasteiger partial charge in [-0.2, -0.15) is 5.26 Å². The number of nitrogens with zero attached hydrogens (tertiary/aromatic N) is 2. The van der Waals surface area contributed by atoms with Crippen LogP contribution < -0.4 is 0 Å². The number of esters is 1. The van der Waals surface area contributed by atoms with Crippen LogP contribution >= 0.6 is 11.6 Å². The van der Waals surface area contributed by atoms with Gasteiger partial charge in [-0.25, -0.2) is 0 Å². The molecule has 0 radical (unpaired) electrons. The second-order valence-electron chi connectivity index (χ2n) is 4.72. The van der Waals surface area contributed by atoms with E-state index in [0.717, 1.165) is 5.56 Å². The standard InChI is InChI=1S/C14H17ClN2O2/c1-4-19-12(18)6-5-10-7-11(15)13(17-8-10)14(2,3)9-16/h7-8H,4-6H2,1-3H3. The van der Waals surface area contributed by atoms with Crippen LogP contribution in [-0.2, 0) is 21.4 Å². The summed E-state index contributed by atoms with van der Waals surface area (Å²) in [5.74, 6) is -0.236. The van der Waals surface area contributed by atoms with Gasteiger partial charge < -0.3 is 4.74 Å². The minimum atomic E-state index is -0.725. The summed E-state index contributed by atoms with van der Waals surface area (Å²) < 4.78 is 4.85. The number of nitriles is 1. The quantitative estimate of drug-likeness (QED) is 0.778. The maximum Gasteiger partial charge on any atom is 0.306 e. The molecule has 4 nitrogen and oxygen atoms in total. The fourth-order valence-electron chi connectivity index (χ4n) is 1.61. The molecule has 0 bridgehead atoms. The third-order valence-electron chi connectivity index (χ3n) is 2.69. The van der Waals surface area contributed by atoms with Crippen LogP contribution in [0.2, 0.25) is 5.02 Å². The molecule has 1 heterocycles. The SMILES string of the molecule is CCOC(=O)CCc1cnc(C(C)(C)C#N)c(Cl)c1. The Bertz CT molecular complexity index is 507. The van der Waals surface area contributed by atoms with Crippen LogP contribution in [0.3, 0.4) is 0 Å². The molecular weight excluding hydrogens is 264 g/mol. The monoisotopic (exact) mass is 280 g/mol. The molecule has 0 aliphatic heterocycles. The number of pyridine rings is 1. The summed E-state index contributed by atoms with van der Waals surface area (Å²) in [7, 11) is 0. The van der Waals surface area contributed by atoms with E-state index < -0.39 is 5.41 Å². The lowest BCUT2D eigenvalue weighted by molar-refractivity contribution is -0.143. The third-order valence-corrected chi connectivity index (χ3v) is 2.98. The average Bonchev–Trinajstić information content (AvgIpc) is 2.36. The van der Waals surface area contributed by atoms with Crippen LogP contribution in [0.25, 0.3) is 0 Å². The van der Waals surface area contributed by atoms with E-state index in [1.807, 2.05) is 0 Å². The molecule has 0 aliphatic rings. The Morgan fingerprint density at radius 1 is 1.58 bits per heavy atom. The minimum Gasteiger partial charge on any atom is -0.466 e. The molecule has 0 saturated carbocycles. The average molecular weight is 281 g/mol. The fourth-order valence-corrected chi connectivity index (χ4v) is 2.03. The molecule has 0 spiro atoms. The molecule has 1 rings (SSSR count). The maximum atomic E-state index is 11.3. The van der Waals surface area contributed by atoms with Crippen molar-refractivity contribution in [1.29, 1.82) is 5.26 Å². The van der Waals surface area contributed by atoms with Gasteiger partial charge in [0.05, 0.1) is 28.8 Å². The molecule has 19 heavy (non-hydrogen) atoms. The molecule has 0 amide bonds. The Morgan fingerprint density at radius 3 is 2.79 bits per heavy atom. The highest BCUT2D eigenvalue weighted by Gasteiger charge is 2.24. The molecule has 0 aliphatic carbocycles. The van der Waals surface area contributed by atoms with Gasteiger partial charge in [0.15, 0.2) is 0 Å². The summed E-state index contributed by atoms with van der Waals surface area (Å²) in [4.78, 5) is 15.5. The molecule has 0 atom stereocenters. The first-order valence-corrected chi connectivity index (χ1v) is 6.50. The first-order chi connectivity index (χ1) is 8.90. The second-order valence-corrected chi connectivity index (χ2v) is 5.12. The van der Waals surface area contributed by atoms with Crippen molar-refractivity contribution in [1.82, 2.24) is 4.98 Å². The van der Waals surface area contributed by atoms with Crippen molar-refractivity contribution in [2.24, 2.45) is 0 Å². The zero-order valence-corrected chi connectivity index (χ0v) is 12.1. The van der Waals surface area contributed by atoms with E-state index in [9.17, 15) is 4.79 Å². The van der Waals surface area contributed by atoms with Gasteiger partial charge in [-0.15, -0.1) is 0 Å². The molecule has 0 aromatic carbocycles. The van der Waals surface area contributed by atoms with E-state index in [0.29, 0.717) is 30.2 Å². The van der Waals surface area contributed by atoms with E-state index in [2.05, 4.69) is 11.1 Å². The van der Waals surface area contributed by atoms with E-state index in [-0.39, 0.29) is 5.97 Å². The molecular formula is C14H17ClN2O2. The number of aryl methyl sites for hydroxylation is 1. The molecule has 1 aromatic heterocycles. The normalized spacial score (nSPS) is 10.9. The van der Waals surface area contributed by atoms with E-state index >= 15 is 0 Å². The van der Waals surface area contributed by atoms with Gasteiger partial charge >= 0.3 is 5.97 Å². The Morgan fingerprint density at radius 2 is 2.26 bits per heavy atom. The number of hydrogen-bond donors (Lipinski definition) is 0. The van der Waals surface area contributed by atoms with Gasteiger partial charge in [-0.3, -0.25) is 9.78 Å². The lowest BCUT2D eigenvalue weighted by Crippen LogP contribution is -2.17. The molecule has 0 fully saturated rings. The predicted molar refractivity (Wildman–Crippen MR) is 72.8 cm³/mol. The van der Waals surface area contributed by atoms with E-state index in [4.69, 9.17) is 21.6 Å². The first kappa shape index (κ1) is 15.5. The van der Waals surface area contributed by atoms with Crippen LogP contribution in [0.4, 0.5) is 0 Å². The van der Waals surface area contributed by atoms with Gasteiger partial charge in [0.2, 0.25) is 0 Å². The summed E-state index contributed by atoms with van der Waals surface area (Å²) >= 11 is 6.14. The van der Waals surface area contributed by atoms with Crippen molar-refractivity contribution >= 4 is 17.6 Å². The highest BCUT2D eigenvalue weighted by Crippen LogP contribution is 2.28. The zero-order chi connectivity index (χ0) is 14.5. The highest BCUT2D eigenvalue weighted by atomic mass is 35.5. The number of aromatic nitrogens is 1. The smallest absolute Gasteiger partial charge is 0.306 e. The molecule has 5 heteroatoms. The van der Waals surface area contributed by atoms with Crippen molar-refractivity contribution < 1.29 is 9.53 Å². The number of halogens is 1. The van der Waals surface area contributed by atoms with Crippen LogP contribution in [0.1, 0.15) is 38.4 Å². The number of carbonyl (C=O) groups excluding carboxylic acids is 1. The first-order valence-electron chi connectivity index (χ1n) is 6.12. The number of ether oxygens (including phenoxy) is 1. The third kappa shape index (κ3) is 4.22. The van der Waals surface area contributed by atoms with E-state index in [1.54, 1.807) is 33.0 Å². The summed E-state index contributed by atoms with van der Waals surface area (Å²) in [6.07, 6.45) is 2.48. The summed E-state index contributed by atoms with van der Waals surface area (Å²) in [6, 6.07) is 3.92. The molecule has 1 aromatic rings. The van der Waals surface area contributed by atoms with Crippen molar-refractivity contribution in [3.8, 4) is 6.07 Å². The minimum absolute atomic E-state index is 0.236. The Hall–Kier alpha value is -1.60. The van der Waals surface area contributed by atoms with Crippen molar-refractivity contribution in [2.75, 3.05) is 6.61 Å². The lowest BCUT2D eigenvalue weighted by Gasteiger charge is -2.16. The van der Waals surface area contributed by atoms with Crippen LogP contribution in [-0.4, -0.2) is 17.6 Å². The summed E-state index contributed by atoms with van der Waals surface area (Å²) in [5, 5.41) is 9.52. The molecule has 102 valence electrons. The largest absolute Gasteiger partial charge is 0.466 e. The van der Waals surface area contributed by atoms with Crippen LogP contribution in [0.5, 0.6) is 0 Å². The summed E-state index contributed by atoms with van der Waals surface area (Å²) in [6.45, 7) is 5.68. The lowest BCUT2D eigenvalue weighted by atomic mass is 9.90. The Labute approximate surface area is 118 Å². The van der Waals surface area contributed by atoms with Crippen molar-refractivity contribution in [3.63, 3.8) is 0 Å². The van der Waals surface area contributed by atoms with Gasteiger partial charge in [-0.05, 0) is 38.8 Å². The van der Waals surface area contributed by atoms with Gasteiger partial charge in [-0.1, -0.05) is 11.6 Å². The highest BCUT2D eigenvalue weighted by molar-refractivity contribution is 6.31. The van der Waals surface area contributed by atoms with E-state index in [1.165, 1.54) is 0 Å². The van der Waals surface area contributed by atoms with Crippen LogP contribution in [0, 0.1) is 11.3 Å². The Balaban J connectivity index is 2.78. The topological polar surface area (TPSA) is 63.0 Å². The van der Waals surface area contributed by atoms with Gasteiger partial charge in [0, 0.05) is 12.6 Å². The molecule has 0 saturated heterocycles. The number of carbonyl (C=O) groups is 1. The number of rotatable bonds is 5. The number of hydrogen-bond acceptors (Lipinski definition) is 4. The summed E-state index contributed by atoms with van der Waals surface area (Å²) in [5.41, 5.74) is 0.684. The van der Waals surface area contributed by atoms with Crippen molar-refractivity contribution in [3.05, 3.63) is 28.5 Å². The molecule has 0 N–H and O–H groups in total. The van der Waals surface area contributed by atoms with Gasteiger partial charge in [0.25, 0.3) is 0 Å². The zero-order valence-electron chi connectivity index (χ0n) is 11.4. The second kappa shape index (κ2) is 6.53. The Kier molecular flexibility index (Phi) is 5.31. The molecule has 0 unspecified atom stereocenters. The van der Waals surface area contributed by atoms with Crippen LogP contribution in [0.15, 0.2) is 12.3 Å². The van der Waals surface area contributed by atoms with Gasteiger partial charge in [0.1, 0.15) is 0 Å². The fraction of sp³-hybridized carbons (Fsp3) is 0.500. The van der Waals surface area contributed by atoms with Crippen molar-refractivity contribution in [2.45, 2.75) is 39.0 Å².